The molecule has 156 valence electrons. The van der Waals surface area contributed by atoms with Crippen LogP contribution in [0.2, 0.25) is 0 Å². The number of benzene rings is 1. The van der Waals surface area contributed by atoms with Crippen molar-refractivity contribution in [2.24, 2.45) is 7.05 Å². The number of hydrogen-bond acceptors (Lipinski definition) is 5. The molecule has 3 saturated heterocycles. The second-order valence-electron chi connectivity index (χ2n) is 8.74. The van der Waals surface area contributed by atoms with Crippen molar-refractivity contribution in [1.29, 1.82) is 0 Å². The fraction of sp³-hybridized carbons (Fsp3) is 0.619. The van der Waals surface area contributed by atoms with Crippen LogP contribution in [-0.4, -0.2) is 75.8 Å². The zero-order chi connectivity index (χ0) is 20.2. The van der Waals surface area contributed by atoms with Gasteiger partial charge in [0.15, 0.2) is 0 Å². The number of amides is 1. The molecule has 3 aliphatic heterocycles. The molecule has 29 heavy (non-hydrogen) atoms. The van der Waals surface area contributed by atoms with Gasteiger partial charge >= 0.3 is 6.09 Å². The predicted molar refractivity (Wildman–Crippen MR) is 112 cm³/mol. The Labute approximate surface area is 175 Å². The third-order valence-electron chi connectivity index (χ3n) is 6.91. The maximum absolute atomic E-state index is 11.8. The van der Waals surface area contributed by atoms with Gasteiger partial charge in [-0.2, -0.15) is 0 Å². The number of nitrogens with one attached hydrogen (secondary N) is 1. The van der Waals surface area contributed by atoms with Crippen molar-refractivity contribution < 1.29 is 9.53 Å². The molecule has 1 N–H and O–H groups in total. The summed E-state index contributed by atoms with van der Waals surface area (Å²) in [6.07, 6.45) is 2.76. The van der Waals surface area contributed by atoms with Gasteiger partial charge in [0.25, 0.3) is 0 Å². The van der Waals surface area contributed by atoms with Crippen molar-refractivity contribution in [2.75, 3.05) is 33.2 Å². The number of imidazole rings is 1. The number of carbonyl (C=O) groups is 1. The van der Waals surface area contributed by atoms with Crippen LogP contribution in [0.25, 0.3) is 11.0 Å². The molecule has 1 spiro atoms. The lowest BCUT2D eigenvalue weighted by atomic mass is 9.88. The number of para-hydroxylation sites is 2. The van der Waals surface area contributed by atoms with E-state index in [9.17, 15) is 4.79 Å². The van der Waals surface area contributed by atoms with E-state index in [2.05, 4.69) is 34.0 Å². The van der Waals surface area contributed by atoms with Crippen molar-refractivity contribution in [2.45, 2.75) is 42.3 Å². The number of rotatable bonds is 2. The molecule has 0 bridgehead atoms. The highest BCUT2D eigenvalue weighted by Crippen LogP contribution is 2.37. The highest BCUT2D eigenvalue weighted by Gasteiger charge is 2.47. The van der Waals surface area contributed by atoms with Crippen molar-refractivity contribution in [3.63, 3.8) is 0 Å². The molecular formula is C21H28ClN5O2. The number of likely N-dealkylation sites (N-methyl/N-ethyl adjacent to an activating group) is 1. The van der Waals surface area contributed by atoms with E-state index in [1.54, 1.807) is 4.90 Å². The van der Waals surface area contributed by atoms with E-state index in [0.717, 1.165) is 55.8 Å². The number of ether oxygens (including phenoxy) is 1. The van der Waals surface area contributed by atoms with Gasteiger partial charge in [-0.3, -0.25) is 4.90 Å². The first-order chi connectivity index (χ1) is 14.0. The summed E-state index contributed by atoms with van der Waals surface area (Å²) in [7, 11) is 3.90. The molecule has 0 aliphatic carbocycles. The Morgan fingerprint density at radius 2 is 2.00 bits per heavy atom. The Morgan fingerprint density at radius 3 is 2.69 bits per heavy atom. The van der Waals surface area contributed by atoms with Crippen LogP contribution in [-0.2, 0) is 11.8 Å². The van der Waals surface area contributed by atoms with Crippen LogP contribution in [0.1, 0.15) is 31.0 Å². The molecule has 2 aromatic rings. The van der Waals surface area contributed by atoms with Crippen molar-refractivity contribution in [3.8, 4) is 0 Å². The van der Waals surface area contributed by atoms with Crippen molar-refractivity contribution >= 4 is 28.7 Å². The lowest BCUT2D eigenvalue weighted by Crippen LogP contribution is -2.57. The van der Waals surface area contributed by atoms with E-state index in [4.69, 9.17) is 21.3 Å². The number of aromatic nitrogens is 2. The Hall–Kier alpha value is -1.83. The van der Waals surface area contributed by atoms with E-state index in [1.165, 1.54) is 0 Å². The number of hydrogen-bond donors (Lipinski definition) is 1. The smallest absolute Gasteiger partial charge is 0.410 e. The van der Waals surface area contributed by atoms with Crippen LogP contribution in [0.15, 0.2) is 24.3 Å². The Balaban J connectivity index is 1.30. The van der Waals surface area contributed by atoms with Gasteiger partial charge in [0.2, 0.25) is 0 Å². The van der Waals surface area contributed by atoms with Gasteiger partial charge < -0.3 is 19.5 Å². The van der Waals surface area contributed by atoms with E-state index < -0.39 is 0 Å². The summed E-state index contributed by atoms with van der Waals surface area (Å²) < 4.78 is 7.89. The number of alkyl halides is 1. The number of likely N-dealkylation sites (tertiary alicyclic amines) is 1. The average molecular weight is 418 g/mol. The molecule has 5 rings (SSSR count). The molecule has 1 aromatic heterocycles. The summed E-state index contributed by atoms with van der Waals surface area (Å²) in [6.45, 7) is 3.30. The predicted octanol–water partition coefficient (Wildman–Crippen LogP) is 2.50. The molecule has 7 nitrogen and oxygen atoms in total. The molecule has 3 aliphatic rings. The summed E-state index contributed by atoms with van der Waals surface area (Å²) in [6, 6.07) is 8.25. The Bertz CT molecular complexity index is 923. The minimum Gasteiger partial charge on any atom is -0.441 e. The summed E-state index contributed by atoms with van der Waals surface area (Å²) in [5.74, 6) is 1.27. The highest BCUT2D eigenvalue weighted by atomic mass is 35.5. The normalized spacial score (nSPS) is 30.2. The first kappa shape index (κ1) is 19.2. The number of piperidine rings is 2. The fourth-order valence-corrected chi connectivity index (χ4v) is 5.50. The third kappa shape index (κ3) is 3.29. The second-order valence-corrected chi connectivity index (χ2v) is 9.30. The van der Waals surface area contributed by atoms with E-state index in [-0.39, 0.29) is 29.2 Å². The second kappa shape index (κ2) is 7.15. The van der Waals surface area contributed by atoms with Gasteiger partial charge in [-0.15, -0.1) is 11.6 Å². The number of halogens is 1. The lowest BCUT2D eigenvalue weighted by Gasteiger charge is -2.44. The zero-order valence-electron chi connectivity index (χ0n) is 17.0. The van der Waals surface area contributed by atoms with Crippen LogP contribution < -0.4 is 5.32 Å². The van der Waals surface area contributed by atoms with Crippen molar-refractivity contribution in [1.82, 2.24) is 24.7 Å². The molecular weight excluding hydrogens is 390 g/mol. The molecule has 4 heterocycles. The molecule has 3 atom stereocenters. The van der Waals surface area contributed by atoms with Crippen molar-refractivity contribution in [3.05, 3.63) is 30.1 Å². The molecule has 3 unspecified atom stereocenters. The van der Waals surface area contributed by atoms with E-state index in [0.29, 0.717) is 6.54 Å². The van der Waals surface area contributed by atoms with Gasteiger partial charge in [0.05, 0.1) is 29.1 Å². The Kier molecular flexibility index (Phi) is 4.72. The topological polar surface area (TPSA) is 62.6 Å². The minimum absolute atomic E-state index is 0.0160. The first-order valence-electron chi connectivity index (χ1n) is 10.4. The Morgan fingerprint density at radius 1 is 1.24 bits per heavy atom. The van der Waals surface area contributed by atoms with Crippen LogP contribution in [0.3, 0.4) is 0 Å². The average Bonchev–Trinajstić information content (AvgIpc) is 3.19. The number of fused-ring (bicyclic) bond motifs is 1. The SMILES string of the molecule is CN1CC2(CCN(C3CC(c4nc5ccccc5n4C)C(Cl)CN3)CC2)OC1=O. The van der Waals surface area contributed by atoms with Crippen LogP contribution in [0.5, 0.6) is 0 Å². The zero-order valence-corrected chi connectivity index (χ0v) is 17.7. The van der Waals surface area contributed by atoms with Gasteiger partial charge in [0, 0.05) is 52.5 Å². The molecule has 0 saturated carbocycles. The first-order valence-corrected chi connectivity index (χ1v) is 10.9. The molecule has 8 heteroatoms. The minimum atomic E-state index is -0.303. The van der Waals surface area contributed by atoms with Gasteiger partial charge in [-0.05, 0) is 18.6 Å². The number of aryl methyl sites for hydroxylation is 1. The largest absolute Gasteiger partial charge is 0.441 e. The summed E-state index contributed by atoms with van der Waals surface area (Å²) in [5.41, 5.74) is 1.87. The van der Waals surface area contributed by atoms with E-state index >= 15 is 0 Å². The molecule has 1 aromatic carbocycles. The standard InChI is InChI=1S/C21H28ClN5O2/c1-25-13-21(29-20(25)28)7-9-27(10-8-21)18-11-14(15(22)12-23-18)19-24-16-5-3-4-6-17(16)26(19)2/h3-6,14-15,18,23H,7-13H2,1-2H3. The van der Waals surface area contributed by atoms with Gasteiger partial charge in [-0.25, -0.2) is 9.78 Å². The highest BCUT2D eigenvalue weighted by molar-refractivity contribution is 6.21. The maximum atomic E-state index is 11.8. The molecule has 3 fully saturated rings. The van der Waals surface area contributed by atoms with Crippen LogP contribution >= 0.6 is 11.6 Å². The van der Waals surface area contributed by atoms with Gasteiger partial charge in [0.1, 0.15) is 11.4 Å². The number of carbonyl (C=O) groups excluding carboxylic acids is 1. The number of nitrogens with zero attached hydrogens (tertiary/aromatic N) is 4. The van der Waals surface area contributed by atoms with Gasteiger partial charge in [-0.1, -0.05) is 12.1 Å². The quantitative estimate of drug-likeness (QED) is 0.761. The summed E-state index contributed by atoms with van der Waals surface area (Å²) in [4.78, 5) is 20.9. The summed E-state index contributed by atoms with van der Waals surface area (Å²) in [5, 5.41) is 3.64. The van der Waals surface area contributed by atoms with Crippen LogP contribution in [0.4, 0.5) is 4.79 Å². The fourth-order valence-electron chi connectivity index (χ4n) is 5.20. The third-order valence-corrected chi connectivity index (χ3v) is 7.36. The lowest BCUT2D eigenvalue weighted by molar-refractivity contribution is -0.0190. The molecule has 0 radical (unpaired) electrons. The monoisotopic (exact) mass is 417 g/mol. The van der Waals surface area contributed by atoms with E-state index in [1.807, 2.05) is 19.2 Å². The van der Waals surface area contributed by atoms with Crippen LogP contribution in [0, 0.1) is 0 Å². The molecule has 1 amide bonds. The maximum Gasteiger partial charge on any atom is 0.410 e. The summed E-state index contributed by atoms with van der Waals surface area (Å²) >= 11 is 6.75.